The van der Waals surface area contributed by atoms with Crippen LogP contribution >= 0.6 is 0 Å². The summed E-state index contributed by atoms with van der Waals surface area (Å²) in [6.07, 6.45) is 5.79. The van der Waals surface area contributed by atoms with Crippen LogP contribution in [0.15, 0.2) is 18.2 Å². The maximum absolute atomic E-state index is 11.6. The van der Waals surface area contributed by atoms with E-state index in [1.807, 2.05) is 0 Å². The van der Waals surface area contributed by atoms with Gasteiger partial charge in [-0.3, -0.25) is 0 Å². The van der Waals surface area contributed by atoms with E-state index in [0.717, 1.165) is 12.8 Å². The van der Waals surface area contributed by atoms with E-state index in [1.165, 1.54) is 26.4 Å². The number of hydrogen-bond donors (Lipinski definition) is 1. The first-order chi connectivity index (χ1) is 9.20. The fourth-order valence-corrected chi connectivity index (χ4v) is 1.87. The molecule has 0 aliphatic rings. The fraction of sp³-hybridized carbons (Fsp3) is 0.533. The van der Waals surface area contributed by atoms with Crippen molar-refractivity contribution in [3.63, 3.8) is 0 Å². The van der Waals surface area contributed by atoms with Gasteiger partial charge in [0.2, 0.25) is 0 Å². The van der Waals surface area contributed by atoms with Gasteiger partial charge in [-0.05, 0) is 18.6 Å². The maximum Gasteiger partial charge on any atom is 0.341 e. The molecule has 4 nitrogen and oxygen atoms in total. The van der Waals surface area contributed by atoms with Crippen LogP contribution in [-0.4, -0.2) is 19.7 Å². The van der Waals surface area contributed by atoms with E-state index in [1.54, 1.807) is 18.2 Å². The lowest BCUT2D eigenvalue weighted by atomic mass is 10.1. The summed E-state index contributed by atoms with van der Waals surface area (Å²) in [5, 5.41) is 0. The molecule has 4 heteroatoms. The number of esters is 1. The van der Waals surface area contributed by atoms with E-state index in [9.17, 15) is 4.79 Å². The van der Waals surface area contributed by atoms with Crippen LogP contribution in [0.2, 0.25) is 0 Å². The number of carbonyl (C=O) groups excluding carboxylic acids is 1. The minimum absolute atomic E-state index is 0.385. The van der Waals surface area contributed by atoms with Gasteiger partial charge in [0, 0.05) is 0 Å². The second-order valence-corrected chi connectivity index (χ2v) is 4.48. The Morgan fingerprint density at radius 3 is 2.63 bits per heavy atom. The smallest absolute Gasteiger partial charge is 0.341 e. The Hall–Kier alpha value is -1.71. The van der Waals surface area contributed by atoms with Gasteiger partial charge in [-0.2, -0.15) is 0 Å². The first-order valence-corrected chi connectivity index (χ1v) is 6.80. The van der Waals surface area contributed by atoms with Crippen molar-refractivity contribution in [3.05, 3.63) is 23.8 Å². The number of unbranched alkanes of at least 4 members (excludes halogenated alkanes) is 4. The Morgan fingerprint density at radius 1 is 1.21 bits per heavy atom. The van der Waals surface area contributed by atoms with Gasteiger partial charge in [0.05, 0.1) is 19.4 Å². The summed E-state index contributed by atoms with van der Waals surface area (Å²) in [5.74, 6) is 0.0122. The van der Waals surface area contributed by atoms with Gasteiger partial charge < -0.3 is 15.2 Å². The summed E-state index contributed by atoms with van der Waals surface area (Å²) in [7, 11) is 1.35. The quantitative estimate of drug-likeness (QED) is 0.444. The van der Waals surface area contributed by atoms with E-state index in [-0.39, 0.29) is 0 Å². The molecule has 0 fully saturated rings. The van der Waals surface area contributed by atoms with Crippen LogP contribution in [0.4, 0.5) is 5.69 Å². The van der Waals surface area contributed by atoms with Crippen molar-refractivity contribution in [2.75, 3.05) is 19.5 Å². The molecule has 0 amide bonds. The Bertz CT molecular complexity index is 404. The van der Waals surface area contributed by atoms with E-state index < -0.39 is 5.97 Å². The number of anilines is 1. The largest absolute Gasteiger partial charge is 0.491 e. The highest BCUT2D eigenvalue weighted by Gasteiger charge is 2.15. The SMILES string of the molecule is CCCCCCCOc1c(N)cccc1C(=O)OC. The molecule has 0 heterocycles. The third-order valence-corrected chi connectivity index (χ3v) is 2.95. The predicted octanol–water partition coefficient (Wildman–Crippen LogP) is 3.40. The maximum atomic E-state index is 11.6. The van der Waals surface area contributed by atoms with Crippen molar-refractivity contribution in [2.24, 2.45) is 0 Å². The molecule has 0 aliphatic heterocycles. The molecule has 0 spiro atoms. The highest BCUT2D eigenvalue weighted by atomic mass is 16.5. The number of para-hydroxylation sites is 1. The highest BCUT2D eigenvalue weighted by molar-refractivity contribution is 5.94. The molecular weight excluding hydrogens is 242 g/mol. The summed E-state index contributed by atoms with van der Waals surface area (Å²) in [6, 6.07) is 5.10. The molecule has 106 valence electrons. The van der Waals surface area contributed by atoms with E-state index >= 15 is 0 Å². The van der Waals surface area contributed by atoms with Gasteiger partial charge in [-0.25, -0.2) is 4.79 Å². The molecule has 0 aliphatic carbocycles. The van der Waals surface area contributed by atoms with Crippen LogP contribution in [0, 0.1) is 0 Å². The fourth-order valence-electron chi connectivity index (χ4n) is 1.87. The molecule has 0 saturated carbocycles. The lowest BCUT2D eigenvalue weighted by Gasteiger charge is -2.12. The first kappa shape index (κ1) is 15.3. The Morgan fingerprint density at radius 2 is 1.95 bits per heavy atom. The molecule has 2 N–H and O–H groups in total. The van der Waals surface area contributed by atoms with Crippen LogP contribution in [0.1, 0.15) is 49.4 Å². The van der Waals surface area contributed by atoms with E-state index in [4.69, 9.17) is 15.2 Å². The van der Waals surface area contributed by atoms with Crippen LogP contribution < -0.4 is 10.5 Å². The molecule has 1 rings (SSSR count). The van der Waals surface area contributed by atoms with Gasteiger partial charge in [0.1, 0.15) is 5.56 Å². The minimum Gasteiger partial charge on any atom is -0.491 e. The van der Waals surface area contributed by atoms with Gasteiger partial charge in [0.25, 0.3) is 0 Å². The van der Waals surface area contributed by atoms with Gasteiger partial charge in [0.15, 0.2) is 5.75 Å². The van der Waals surface area contributed by atoms with Crippen LogP contribution in [-0.2, 0) is 4.74 Å². The lowest BCUT2D eigenvalue weighted by molar-refractivity contribution is 0.0596. The van der Waals surface area contributed by atoms with Gasteiger partial charge in [-0.1, -0.05) is 38.7 Å². The number of benzene rings is 1. The van der Waals surface area contributed by atoms with Crippen molar-refractivity contribution in [2.45, 2.75) is 39.0 Å². The Balaban J connectivity index is 2.54. The molecule has 1 aromatic rings. The molecule has 0 atom stereocenters. The standard InChI is InChI=1S/C15H23NO3/c1-3-4-5-6-7-11-19-14-12(15(17)18-2)9-8-10-13(14)16/h8-10H,3-7,11,16H2,1-2H3. The molecule has 1 aromatic carbocycles. The number of hydrogen-bond acceptors (Lipinski definition) is 4. The zero-order valence-electron chi connectivity index (χ0n) is 11.8. The summed E-state index contributed by atoms with van der Waals surface area (Å²) in [4.78, 5) is 11.6. The van der Waals surface area contributed by atoms with Crippen molar-refractivity contribution >= 4 is 11.7 Å². The number of nitrogens with two attached hydrogens (primary N) is 1. The summed E-state index contributed by atoms with van der Waals surface area (Å²) in [5.41, 5.74) is 6.70. The van der Waals surface area contributed by atoms with Gasteiger partial charge in [-0.15, -0.1) is 0 Å². The predicted molar refractivity (Wildman–Crippen MR) is 76.4 cm³/mol. The van der Waals surface area contributed by atoms with Crippen LogP contribution in [0.3, 0.4) is 0 Å². The topological polar surface area (TPSA) is 61.5 Å². The molecule has 19 heavy (non-hydrogen) atoms. The van der Waals surface area contributed by atoms with Crippen molar-refractivity contribution in [1.29, 1.82) is 0 Å². The monoisotopic (exact) mass is 265 g/mol. The second kappa shape index (κ2) is 8.40. The average Bonchev–Trinajstić information content (AvgIpc) is 2.43. The van der Waals surface area contributed by atoms with E-state index in [2.05, 4.69) is 6.92 Å². The molecular formula is C15H23NO3. The zero-order chi connectivity index (χ0) is 14.1. The Labute approximate surface area is 114 Å². The molecule has 0 aromatic heterocycles. The molecule has 0 saturated heterocycles. The van der Waals surface area contributed by atoms with Crippen LogP contribution in [0.25, 0.3) is 0 Å². The second-order valence-electron chi connectivity index (χ2n) is 4.48. The summed E-state index contributed by atoms with van der Waals surface area (Å²) >= 11 is 0. The summed E-state index contributed by atoms with van der Waals surface area (Å²) < 4.78 is 10.4. The molecule has 0 radical (unpaired) electrons. The van der Waals surface area contributed by atoms with Crippen molar-refractivity contribution in [3.8, 4) is 5.75 Å². The molecule has 0 unspecified atom stereocenters. The first-order valence-electron chi connectivity index (χ1n) is 6.80. The zero-order valence-corrected chi connectivity index (χ0v) is 11.8. The normalized spacial score (nSPS) is 10.2. The minimum atomic E-state index is -0.423. The van der Waals surface area contributed by atoms with E-state index in [0.29, 0.717) is 23.6 Å². The number of ether oxygens (including phenoxy) is 2. The van der Waals surface area contributed by atoms with Crippen molar-refractivity contribution < 1.29 is 14.3 Å². The number of rotatable bonds is 8. The molecule has 0 bridgehead atoms. The number of nitrogen functional groups attached to an aromatic ring is 1. The van der Waals surface area contributed by atoms with Gasteiger partial charge >= 0.3 is 5.97 Å². The third kappa shape index (κ3) is 4.81. The highest BCUT2D eigenvalue weighted by Crippen LogP contribution is 2.27. The average molecular weight is 265 g/mol. The Kier molecular flexibility index (Phi) is 6.79. The summed E-state index contributed by atoms with van der Waals surface area (Å²) in [6.45, 7) is 2.76. The lowest BCUT2D eigenvalue weighted by Crippen LogP contribution is -2.08. The number of carbonyl (C=O) groups is 1. The van der Waals surface area contributed by atoms with Crippen LogP contribution in [0.5, 0.6) is 5.75 Å². The number of methoxy groups -OCH3 is 1. The third-order valence-electron chi connectivity index (χ3n) is 2.95. The van der Waals surface area contributed by atoms with Crippen molar-refractivity contribution in [1.82, 2.24) is 0 Å².